The highest BCUT2D eigenvalue weighted by Crippen LogP contribution is 2.27. The van der Waals surface area contributed by atoms with Gasteiger partial charge >= 0.3 is 0 Å². The fourth-order valence-electron chi connectivity index (χ4n) is 1.27. The molecular weight excluding hydrogens is 152 g/mol. The Hall–Kier alpha value is -1.04. The second kappa shape index (κ2) is 4.10. The molecule has 0 aromatic heterocycles. The SMILES string of the molecule is CCC(=O)N(CCC#N)C1CC1. The van der Waals surface area contributed by atoms with Crippen molar-refractivity contribution in [2.45, 2.75) is 38.6 Å². The van der Waals surface area contributed by atoms with E-state index in [-0.39, 0.29) is 5.91 Å². The fraction of sp³-hybridized carbons (Fsp3) is 0.778. The van der Waals surface area contributed by atoms with Gasteiger partial charge in [0.15, 0.2) is 0 Å². The maximum atomic E-state index is 11.3. The average Bonchev–Trinajstić information content (AvgIpc) is 2.88. The van der Waals surface area contributed by atoms with Gasteiger partial charge in [-0.25, -0.2) is 0 Å². The van der Waals surface area contributed by atoms with Gasteiger partial charge < -0.3 is 4.90 Å². The topological polar surface area (TPSA) is 44.1 Å². The van der Waals surface area contributed by atoms with Gasteiger partial charge in [-0.3, -0.25) is 4.79 Å². The molecule has 0 heterocycles. The number of carbonyl (C=O) groups excluding carboxylic acids is 1. The van der Waals surface area contributed by atoms with Gasteiger partial charge in [0, 0.05) is 19.0 Å². The van der Waals surface area contributed by atoms with E-state index in [1.807, 2.05) is 11.8 Å². The van der Waals surface area contributed by atoms with Gasteiger partial charge in [0.05, 0.1) is 12.5 Å². The molecule has 0 saturated heterocycles. The summed E-state index contributed by atoms with van der Waals surface area (Å²) in [4.78, 5) is 13.2. The molecule has 3 heteroatoms. The highest BCUT2D eigenvalue weighted by molar-refractivity contribution is 5.76. The van der Waals surface area contributed by atoms with Crippen molar-refractivity contribution >= 4 is 5.91 Å². The summed E-state index contributed by atoms with van der Waals surface area (Å²) in [6, 6.07) is 2.52. The summed E-state index contributed by atoms with van der Waals surface area (Å²) in [5.41, 5.74) is 0. The van der Waals surface area contributed by atoms with Gasteiger partial charge in [0.25, 0.3) is 0 Å². The number of hydrogen-bond donors (Lipinski definition) is 0. The van der Waals surface area contributed by atoms with Crippen molar-refractivity contribution in [1.82, 2.24) is 4.90 Å². The van der Waals surface area contributed by atoms with Crippen LogP contribution >= 0.6 is 0 Å². The zero-order chi connectivity index (χ0) is 8.97. The second-order valence-corrected chi connectivity index (χ2v) is 3.08. The Morgan fingerprint density at radius 3 is 2.75 bits per heavy atom. The molecule has 0 aromatic rings. The van der Waals surface area contributed by atoms with Crippen LogP contribution in [0.2, 0.25) is 0 Å². The van der Waals surface area contributed by atoms with Crippen molar-refractivity contribution < 1.29 is 4.79 Å². The maximum absolute atomic E-state index is 11.3. The molecule has 1 fully saturated rings. The Morgan fingerprint density at radius 2 is 2.33 bits per heavy atom. The molecule has 1 aliphatic rings. The molecule has 0 unspecified atom stereocenters. The van der Waals surface area contributed by atoms with Gasteiger partial charge in [-0.05, 0) is 12.8 Å². The van der Waals surface area contributed by atoms with Crippen LogP contribution < -0.4 is 0 Å². The average molecular weight is 166 g/mol. The van der Waals surface area contributed by atoms with Crippen LogP contribution in [0.15, 0.2) is 0 Å². The molecule has 12 heavy (non-hydrogen) atoms. The molecule has 1 amide bonds. The molecule has 0 aromatic carbocycles. The third-order valence-corrected chi connectivity index (χ3v) is 2.07. The summed E-state index contributed by atoms with van der Waals surface area (Å²) in [7, 11) is 0. The summed E-state index contributed by atoms with van der Waals surface area (Å²) in [5.74, 6) is 0.188. The van der Waals surface area contributed by atoms with Crippen LogP contribution in [0, 0.1) is 11.3 Å². The van der Waals surface area contributed by atoms with Gasteiger partial charge in [-0.1, -0.05) is 6.92 Å². The third-order valence-electron chi connectivity index (χ3n) is 2.07. The minimum absolute atomic E-state index is 0.188. The molecular formula is C9H14N2O. The van der Waals surface area contributed by atoms with Crippen molar-refractivity contribution in [2.75, 3.05) is 6.54 Å². The molecule has 1 rings (SSSR count). The Bertz CT molecular complexity index is 203. The van der Waals surface area contributed by atoms with Crippen LogP contribution in [0.1, 0.15) is 32.6 Å². The van der Waals surface area contributed by atoms with E-state index in [4.69, 9.17) is 5.26 Å². The lowest BCUT2D eigenvalue weighted by molar-refractivity contribution is -0.131. The highest BCUT2D eigenvalue weighted by atomic mass is 16.2. The Morgan fingerprint density at radius 1 is 1.67 bits per heavy atom. The maximum Gasteiger partial charge on any atom is 0.222 e. The van der Waals surface area contributed by atoms with Crippen molar-refractivity contribution in [3.05, 3.63) is 0 Å². The standard InChI is InChI=1S/C9H14N2O/c1-2-9(12)11(7-3-6-10)8-4-5-8/h8H,2-5,7H2,1H3. The van der Waals surface area contributed by atoms with Gasteiger partial charge in [-0.15, -0.1) is 0 Å². The van der Waals surface area contributed by atoms with Crippen LogP contribution in [0.4, 0.5) is 0 Å². The van der Waals surface area contributed by atoms with E-state index >= 15 is 0 Å². The molecule has 1 saturated carbocycles. The van der Waals surface area contributed by atoms with Crippen LogP contribution in [0.5, 0.6) is 0 Å². The quantitative estimate of drug-likeness (QED) is 0.631. The van der Waals surface area contributed by atoms with E-state index in [0.717, 1.165) is 12.8 Å². The summed E-state index contributed by atoms with van der Waals surface area (Å²) < 4.78 is 0. The van der Waals surface area contributed by atoms with E-state index in [0.29, 0.717) is 25.4 Å². The number of carbonyl (C=O) groups is 1. The van der Waals surface area contributed by atoms with Crippen LogP contribution in [-0.4, -0.2) is 23.4 Å². The van der Waals surface area contributed by atoms with E-state index in [1.54, 1.807) is 0 Å². The normalized spacial score (nSPS) is 15.3. The van der Waals surface area contributed by atoms with Gasteiger partial charge in [0.2, 0.25) is 5.91 Å². The minimum atomic E-state index is 0.188. The van der Waals surface area contributed by atoms with Crippen LogP contribution in [0.25, 0.3) is 0 Å². The summed E-state index contributed by atoms with van der Waals surface area (Å²) in [6.07, 6.45) is 3.26. The van der Waals surface area contributed by atoms with Crippen molar-refractivity contribution in [3.8, 4) is 6.07 Å². The van der Waals surface area contributed by atoms with Crippen molar-refractivity contribution in [3.63, 3.8) is 0 Å². The molecule has 0 radical (unpaired) electrons. The Balaban J connectivity index is 2.38. The van der Waals surface area contributed by atoms with Gasteiger partial charge in [-0.2, -0.15) is 5.26 Å². The molecule has 0 bridgehead atoms. The molecule has 0 N–H and O–H groups in total. The minimum Gasteiger partial charge on any atom is -0.339 e. The second-order valence-electron chi connectivity index (χ2n) is 3.08. The third kappa shape index (κ3) is 2.23. The number of nitriles is 1. The zero-order valence-corrected chi connectivity index (χ0v) is 7.42. The molecule has 3 nitrogen and oxygen atoms in total. The molecule has 0 aliphatic heterocycles. The predicted octanol–water partition coefficient (Wildman–Crippen LogP) is 1.30. The smallest absolute Gasteiger partial charge is 0.222 e. The predicted molar refractivity (Wildman–Crippen MR) is 45.3 cm³/mol. The summed E-state index contributed by atoms with van der Waals surface area (Å²) in [5, 5.41) is 8.38. The summed E-state index contributed by atoms with van der Waals surface area (Å²) >= 11 is 0. The van der Waals surface area contributed by atoms with Crippen LogP contribution in [0.3, 0.4) is 0 Å². The van der Waals surface area contributed by atoms with Crippen LogP contribution in [-0.2, 0) is 4.79 Å². The molecule has 1 aliphatic carbocycles. The first-order valence-corrected chi connectivity index (χ1v) is 4.46. The Labute approximate surface area is 73.0 Å². The van der Waals surface area contributed by atoms with Crippen molar-refractivity contribution in [2.24, 2.45) is 0 Å². The number of hydrogen-bond acceptors (Lipinski definition) is 2. The van der Waals surface area contributed by atoms with Gasteiger partial charge in [0.1, 0.15) is 0 Å². The largest absolute Gasteiger partial charge is 0.339 e. The fourth-order valence-corrected chi connectivity index (χ4v) is 1.27. The lowest BCUT2D eigenvalue weighted by atomic mass is 10.3. The number of rotatable bonds is 4. The molecule has 66 valence electrons. The van der Waals surface area contributed by atoms with E-state index in [1.165, 1.54) is 0 Å². The molecule has 0 spiro atoms. The zero-order valence-electron chi connectivity index (χ0n) is 7.42. The highest BCUT2D eigenvalue weighted by Gasteiger charge is 2.30. The number of nitrogens with zero attached hydrogens (tertiary/aromatic N) is 2. The first kappa shape index (κ1) is 9.05. The van der Waals surface area contributed by atoms with E-state index < -0.39 is 0 Å². The Kier molecular flexibility index (Phi) is 3.09. The summed E-state index contributed by atoms with van der Waals surface area (Å²) in [6.45, 7) is 2.48. The lowest BCUT2D eigenvalue weighted by Crippen LogP contribution is -2.33. The van der Waals surface area contributed by atoms with E-state index in [2.05, 4.69) is 6.07 Å². The first-order valence-electron chi connectivity index (χ1n) is 4.46. The number of amides is 1. The monoisotopic (exact) mass is 166 g/mol. The molecule has 0 atom stereocenters. The lowest BCUT2D eigenvalue weighted by Gasteiger charge is -2.19. The first-order chi connectivity index (χ1) is 5.79. The van der Waals surface area contributed by atoms with Crippen molar-refractivity contribution in [1.29, 1.82) is 5.26 Å². The van der Waals surface area contributed by atoms with E-state index in [9.17, 15) is 4.79 Å².